The molecule has 1 aliphatic rings. The van der Waals surface area contributed by atoms with E-state index >= 15 is 0 Å². The number of carbonyl (C=O) groups excluding carboxylic acids is 2. The lowest BCUT2D eigenvalue weighted by Gasteiger charge is -2.12. The first kappa shape index (κ1) is 27.7. The number of nitrogens with zero attached hydrogens (tertiary/aromatic N) is 2. The summed E-state index contributed by atoms with van der Waals surface area (Å²) >= 11 is 6.43. The van der Waals surface area contributed by atoms with Gasteiger partial charge in [0.25, 0.3) is 5.91 Å². The summed E-state index contributed by atoms with van der Waals surface area (Å²) < 4.78 is 21.5. The highest BCUT2D eigenvalue weighted by molar-refractivity contribution is 7.80. The maximum atomic E-state index is 15.0. The average molecular weight is 573 g/mol. The van der Waals surface area contributed by atoms with Crippen molar-refractivity contribution in [3.8, 4) is 11.5 Å². The van der Waals surface area contributed by atoms with Crippen molar-refractivity contribution in [2.75, 3.05) is 25.0 Å². The minimum absolute atomic E-state index is 0.0101. The van der Waals surface area contributed by atoms with Crippen LogP contribution in [0.15, 0.2) is 66.9 Å². The third kappa shape index (κ3) is 7.01. The minimum atomic E-state index is -0.631. The lowest BCUT2D eigenvalue weighted by molar-refractivity contribution is -0.119. The topological polar surface area (TPSA) is 95.6 Å². The molecule has 3 heterocycles. The van der Waals surface area contributed by atoms with Crippen LogP contribution < -0.4 is 20.7 Å². The summed E-state index contributed by atoms with van der Waals surface area (Å²) in [6.07, 6.45) is 2.66. The smallest absolute Gasteiger partial charge is 0.261 e. The fraction of sp³-hybridized carbons (Fsp3) is 0.214. The number of carbonyl (C=O) groups is 2. The van der Waals surface area contributed by atoms with Crippen LogP contribution in [0.1, 0.15) is 21.7 Å². The van der Waals surface area contributed by atoms with Crippen molar-refractivity contribution >= 4 is 64.4 Å². The van der Waals surface area contributed by atoms with Gasteiger partial charge in [-0.1, -0.05) is 30.3 Å². The number of nitrogens with one attached hydrogen (secondary N) is 3. The van der Waals surface area contributed by atoms with Crippen molar-refractivity contribution in [3.63, 3.8) is 0 Å². The molecule has 5 rings (SSSR count). The predicted octanol–water partition coefficient (Wildman–Crippen LogP) is 4.42. The van der Waals surface area contributed by atoms with Crippen LogP contribution in [0.3, 0.4) is 0 Å². The number of fused-ring (bicyclic) bond motifs is 1. The van der Waals surface area contributed by atoms with Gasteiger partial charge in [0, 0.05) is 30.6 Å². The van der Waals surface area contributed by atoms with Crippen molar-refractivity contribution in [2.45, 2.75) is 12.8 Å². The first-order valence-corrected chi connectivity index (χ1v) is 13.8. The molecule has 2 aromatic heterocycles. The average Bonchev–Trinajstić information content (AvgIpc) is 3.56. The lowest BCUT2D eigenvalue weighted by atomic mass is 10.1. The van der Waals surface area contributed by atoms with E-state index in [4.69, 9.17) is 24.9 Å². The highest BCUT2D eigenvalue weighted by Crippen LogP contribution is 2.36. The molecule has 8 nitrogen and oxygen atoms in total. The Morgan fingerprint density at radius 1 is 1.15 bits per heavy atom. The molecule has 1 aliphatic heterocycles. The number of anilines is 1. The summed E-state index contributed by atoms with van der Waals surface area (Å²) in [5.41, 5.74) is 1.79. The normalized spacial score (nSPS) is 15.1. The van der Waals surface area contributed by atoms with E-state index in [1.54, 1.807) is 29.2 Å². The molecule has 12 heteroatoms. The van der Waals surface area contributed by atoms with Crippen LogP contribution in [0.2, 0.25) is 0 Å². The Hall–Kier alpha value is -3.87. The summed E-state index contributed by atoms with van der Waals surface area (Å²) in [5.74, 6) is -0.418. The summed E-state index contributed by atoms with van der Waals surface area (Å²) in [6, 6.07) is 16.9. The second-order valence-electron chi connectivity index (χ2n) is 9.41. The predicted molar refractivity (Wildman–Crippen MR) is 158 cm³/mol. The third-order valence-corrected chi connectivity index (χ3v) is 7.68. The van der Waals surface area contributed by atoms with E-state index in [1.165, 1.54) is 23.5 Å². The number of hydrogen-bond acceptors (Lipinski definition) is 7. The molecule has 2 aromatic carbocycles. The number of ether oxygens (including phenoxy) is 1. The molecule has 2 radical (unpaired) electrons. The molecule has 1 fully saturated rings. The lowest BCUT2D eigenvalue weighted by Crippen LogP contribution is -2.35. The van der Waals surface area contributed by atoms with Crippen LogP contribution in [-0.4, -0.2) is 54.3 Å². The van der Waals surface area contributed by atoms with Gasteiger partial charge in [-0.25, -0.2) is 4.39 Å². The minimum Gasteiger partial charge on any atom is -0.453 e. The monoisotopic (exact) mass is 573 g/mol. The zero-order valence-electron chi connectivity index (χ0n) is 21.4. The van der Waals surface area contributed by atoms with Gasteiger partial charge in [0.2, 0.25) is 5.91 Å². The third-order valence-electron chi connectivity index (χ3n) is 6.34. The van der Waals surface area contributed by atoms with Gasteiger partial charge in [-0.2, -0.15) is 0 Å². The van der Waals surface area contributed by atoms with Crippen LogP contribution in [0.5, 0.6) is 11.5 Å². The van der Waals surface area contributed by atoms with E-state index < -0.39 is 5.82 Å². The number of thiophene rings is 1. The quantitative estimate of drug-likeness (QED) is 0.212. The first-order chi connectivity index (χ1) is 19.3. The van der Waals surface area contributed by atoms with Crippen molar-refractivity contribution < 1.29 is 18.7 Å². The van der Waals surface area contributed by atoms with Crippen molar-refractivity contribution in [2.24, 2.45) is 5.92 Å². The molecular formula is C28H25BFN5O3S2. The summed E-state index contributed by atoms with van der Waals surface area (Å²) in [5, 5.41) is 8.42. The molecule has 0 spiro atoms. The van der Waals surface area contributed by atoms with Crippen LogP contribution in [-0.2, 0) is 11.2 Å². The number of amides is 2. The molecule has 0 aliphatic carbocycles. The molecule has 0 unspecified atom stereocenters. The number of aromatic nitrogens is 1. The molecule has 0 saturated carbocycles. The largest absolute Gasteiger partial charge is 0.453 e. The van der Waals surface area contributed by atoms with Gasteiger partial charge in [-0.15, -0.1) is 11.3 Å². The van der Waals surface area contributed by atoms with Gasteiger partial charge in [-0.05, 0) is 61.4 Å². The summed E-state index contributed by atoms with van der Waals surface area (Å²) in [4.78, 5) is 31.5. The number of halogens is 1. The van der Waals surface area contributed by atoms with Gasteiger partial charge in [0.1, 0.15) is 5.75 Å². The molecule has 0 bridgehead atoms. The van der Waals surface area contributed by atoms with E-state index in [1.807, 2.05) is 30.3 Å². The van der Waals surface area contributed by atoms with E-state index in [-0.39, 0.29) is 29.1 Å². The van der Waals surface area contributed by atoms with Gasteiger partial charge in [0.15, 0.2) is 24.7 Å². The van der Waals surface area contributed by atoms with Crippen LogP contribution in [0.4, 0.5) is 10.1 Å². The van der Waals surface area contributed by atoms with E-state index in [2.05, 4.69) is 20.9 Å². The Labute approximate surface area is 241 Å². The SMILES string of the molecule is [B]N1CC[C@H](CNC(=O)c2cc3nccc(Oc4ccc(NC(=S)NC(=O)Cc5ccccc5)cc4F)c3s2)C1. The zero-order valence-corrected chi connectivity index (χ0v) is 23.0. The second-order valence-corrected chi connectivity index (χ2v) is 10.9. The van der Waals surface area contributed by atoms with E-state index in [0.717, 1.165) is 25.1 Å². The van der Waals surface area contributed by atoms with Crippen molar-refractivity contribution in [3.05, 3.63) is 83.1 Å². The van der Waals surface area contributed by atoms with Crippen LogP contribution in [0.25, 0.3) is 10.2 Å². The van der Waals surface area contributed by atoms with Gasteiger partial charge < -0.3 is 25.5 Å². The molecule has 1 atom stereocenters. The summed E-state index contributed by atoms with van der Waals surface area (Å²) in [6.45, 7) is 2.11. The maximum absolute atomic E-state index is 15.0. The van der Waals surface area contributed by atoms with Crippen LogP contribution >= 0.6 is 23.6 Å². The Morgan fingerprint density at radius 3 is 2.73 bits per heavy atom. The van der Waals surface area contributed by atoms with Crippen molar-refractivity contribution in [1.29, 1.82) is 0 Å². The zero-order chi connectivity index (χ0) is 28.1. The van der Waals surface area contributed by atoms with Gasteiger partial charge in [-0.3, -0.25) is 14.6 Å². The highest BCUT2D eigenvalue weighted by Gasteiger charge is 2.21. The Kier molecular flexibility index (Phi) is 8.68. The number of benzene rings is 2. The van der Waals surface area contributed by atoms with Gasteiger partial charge >= 0.3 is 0 Å². The van der Waals surface area contributed by atoms with Gasteiger partial charge in [0.05, 0.1) is 21.5 Å². The van der Waals surface area contributed by atoms with E-state index in [9.17, 15) is 14.0 Å². The number of pyridine rings is 1. The molecule has 4 aromatic rings. The first-order valence-electron chi connectivity index (χ1n) is 12.6. The maximum Gasteiger partial charge on any atom is 0.261 e. The van der Waals surface area contributed by atoms with Crippen molar-refractivity contribution in [1.82, 2.24) is 20.4 Å². The Bertz CT molecular complexity index is 1550. The molecular weight excluding hydrogens is 548 g/mol. The number of rotatable bonds is 8. The molecule has 40 heavy (non-hydrogen) atoms. The van der Waals surface area contributed by atoms with E-state index in [0.29, 0.717) is 39.0 Å². The molecule has 202 valence electrons. The Morgan fingerprint density at radius 2 is 1.98 bits per heavy atom. The fourth-order valence-electron chi connectivity index (χ4n) is 4.35. The molecule has 2 amide bonds. The number of thiocarbonyl (C=S) groups is 1. The van der Waals surface area contributed by atoms with Crippen LogP contribution in [0, 0.1) is 11.7 Å². The summed E-state index contributed by atoms with van der Waals surface area (Å²) in [7, 11) is 5.80. The highest BCUT2D eigenvalue weighted by atomic mass is 32.1. The standard InChI is InChI=1S/C28H25BFN5O3S2/c29-35-11-9-18(16-35)15-32-27(37)24-14-21-26(40-24)23(8-10-31-21)38-22-7-6-19(13-20(22)30)33-28(39)34-25(36)12-17-4-2-1-3-5-17/h1-8,10,13-14,18H,9,11-12,15-16H2,(H,32,37)(H2,33,34,36,39)/t18-/m1/s1. The molecule has 1 saturated heterocycles. The fourth-order valence-corrected chi connectivity index (χ4v) is 5.57. The second kappa shape index (κ2) is 12.5. The number of hydrogen-bond donors (Lipinski definition) is 3. The Balaban J connectivity index is 1.20. The molecule has 3 N–H and O–H groups in total.